The van der Waals surface area contributed by atoms with Crippen LogP contribution >= 0.6 is 11.3 Å². The molecule has 0 radical (unpaired) electrons. The van der Waals surface area contributed by atoms with Crippen LogP contribution in [0.15, 0.2) is 39.8 Å². The number of hydrogen-bond donors (Lipinski definition) is 1. The fourth-order valence-corrected chi connectivity index (χ4v) is 6.03. The molecular formula is C21H24N4O4S2. The van der Waals surface area contributed by atoms with Crippen molar-refractivity contribution in [3.05, 3.63) is 46.7 Å². The Bertz CT molecular complexity index is 1190. The molecule has 0 aliphatic carbocycles. The van der Waals surface area contributed by atoms with Gasteiger partial charge in [-0.3, -0.25) is 9.52 Å². The van der Waals surface area contributed by atoms with E-state index < -0.39 is 10.0 Å². The largest absolute Gasteiger partial charge is 0.334 e. The zero-order valence-corrected chi connectivity index (χ0v) is 19.2. The Kier molecular flexibility index (Phi) is 5.85. The molecule has 0 spiro atoms. The summed E-state index contributed by atoms with van der Waals surface area (Å²) in [5.74, 6) is 0.211. The standard InChI is InChI=1S/C21H24N4O4S2/c1-13(2)15-6-8-16(9-7-15)24-31(27,28)18-12-17(30-14(18)3)19-22-20(29-23-19)21(26)25-10-4-5-11-25/h6-9,12-13,24H,4-5,10-11H2,1-3H3. The Hall–Kier alpha value is -2.72. The molecule has 0 atom stereocenters. The Morgan fingerprint density at radius 1 is 1.19 bits per heavy atom. The van der Waals surface area contributed by atoms with Gasteiger partial charge in [0.15, 0.2) is 0 Å². The van der Waals surface area contributed by atoms with Crippen LogP contribution in [-0.4, -0.2) is 42.5 Å². The fraction of sp³-hybridized carbons (Fsp3) is 0.381. The maximum Gasteiger partial charge on any atom is 0.316 e. The van der Waals surface area contributed by atoms with Crippen LogP contribution in [0.25, 0.3) is 10.7 Å². The van der Waals surface area contributed by atoms with Crippen LogP contribution in [0.5, 0.6) is 0 Å². The third kappa shape index (κ3) is 4.49. The number of carbonyl (C=O) groups is 1. The SMILES string of the molecule is Cc1sc(-c2noc(C(=O)N3CCCC3)n2)cc1S(=O)(=O)Nc1ccc(C(C)C)cc1. The van der Waals surface area contributed by atoms with Crippen LogP contribution in [0.1, 0.15) is 53.7 Å². The number of sulfonamides is 1. The first-order valence-corrected chi connectivity index (χ1v) is 12.4. The van der Waals surface area contributed by atoms with E-state index in [0.717, 1.165) is 18.4 Å². The summed E-state index contributed by atoms with van der Waals surface area (Å²) < 4.78 is 33.7. The van der Waals surface area contributed by atoms with Crippen LogP contribution < -0.4 is 4.72 Å². The van der Waals surface area contributed by atoms with Gasteiger partial charge in [0, 0.05) is 23.7 Å². The number of amides is 1. The number of aromatic nitrogens is 2. The van der Waals surface area contributed by atoms with Crippen molar-refractivity contribution < 1.29 is 17.7 Å². The van der Waals surface area contributed by atoms with Crippen molar-refractivity contribution in [2.45, 2.75) is 44.4 Å². The van der Waals surface area contributed by atoms with E-state index in [2.05, 4.69) is 28.7 Å². The summed E-state index contributed by atoms with van der Waals surface area (Å²) in [4.78, 5) is 19.6. The number of hydrogen-bond acceptors (Lipinski definition) is 7. The summed E-state index contributed by atoms with van der Waals surface area (Å²) >= 11 is 1.24. The molecule has 0 bridgehead atoms. The van der Waals surface area contributed by atoms with E-state index >= 15 is 0 Å². The number of benzene rings is 1. The maximum atomic E-state index is 12.9. The first kappa shape index (κ1) is 21.5. The number of rotatable bonds is 6. The van der Waals surface area contributed by atoms with Gasteiger partial charge in [0.25, 0.3) is 10.0 Å². The topological polar surface area (TPSA) is 105 Å². The predicted molar refractivity (Wildman–Crippen MR) is 119 cm³/mol. The molecule has 0 unspecified atom stereocenters. The molecule has 1 fully saturated rings. The van der Waals surface area contributed by atoms with Crippen molar-refractivity contribution in [2.75, 3.05) is 17.8 Å². The Labute approximate surface area is 185 Å². The molecule has 8 nitrogen and oxygen atoms in total. The van der Waals surface area contributed by atoms with E-state index in [-0.39, 0.29) is 22.5 Å². The van der Waals surface area contributed by atoms with Crippen LogP contribution in [0, 0.1) is 6.92 Å². The lowest BCUT2D eigenvalue weighted by molar-refractivity contribution is 0.0743. The van der Waals surface area contributed by atoms with Gasteiger partial charge < -0.3 is 9.42 Å². The predicted octanol–water partition coefficient (Wildman–Crippen LogP) is 4.27. The maximum absolute atomic E-state index is 12.9. The van der Waals surface area contributed by atoms with Gasteiger partial charge in [-0.05, 0) is 49.4 Å². The molecule has 2 aromatic heterocycles. The summed E-state index contributed by atoms with van der Waals surface area (Å²) in [6.45, 7) is 7.25. The minimum atomic E-state index is -3.79. The van der Waals surface area contributed by atoms with E-state index in [0.29, 0.717) is 34.4 Å². The molecule has 164 valence electrons. The van der Waals surface area contributed by atoms with E-state index in [4.69, 9.17) is 4.52 Å². The molecular weight excluding hydrogens is 436 g/mol. The lowest BCUT2D eigenvalue weighted by atomic mass is 10.0. The highest BCUT2D eigenvalue weighted by Crippen LogP contribution is 2.33. The van der Waals surface area contributed by atoms with Crippen molar-refractivity contribution in [3.8, 4) is 10.7 Å². The molecule has 10 heteroatoms. The van der Waals surface area contributed by atoms with Crippen molar-refractivity contribution in [3.63, 3.8) is 0 Å². The van der Waals surface area contributed by atoms with Gasteiger partial charge in [-0.2, -0.15) is 4.98 Å². The van der Waals surface area contributed by atoms with Crippen molar-refractivity contribution >= 4 is 33.0 Å². The van der Waals surface area contributed by atoms with E-state index in [1.807, 2.05) is 12.1 Å². The monoisotopic (exact) mass is 460 g/mol. The lowest BCUT2D eigenvalue weighted by Gasteiger charge is -2.10. The first-order chi connectivity index (χ1) is 14.7. The Morgan fingerprint density at radius 3 is 2.52 bits per heavy atom. The minimum Gasteiger partial charge on any atom is -0.334 e. The molecule has 3 heterocycles. The van der Waals surface area contributed by atoms with Crippen LogP contribution in [0.2, 0.25) is 0 Å². The lowest BCUT2D eigenvalue weighted by Crippen LogP contribution is -2.27. The van der Waals surface area contributed by atoms with Crippen LogP contribution in [0.3, 0.4) is 0 Å². The summed E-state index contributed by atoms with van der Waals surface area (Å²) in [5, 5.41) is 3.89. The third-order valence-electron chi connectivity index (χ3n) is 5.21. The van der Waals surface area contributed by atoms with Gasteiger partial charge in [-0.15, -0.1) is 11.3 Å². The fourth-order valence-electron chi connectivity index (χ4n) is 3.45. The highest BCUT2D eigenvalue weighted by molar-refractivity contribution is 7.93. The van der Waals surface area contributed by atoms with Crippen molar-refractivity contribution in [1.29, 1.82) is 0 Å². The number of nitrogens with one attached hydrogen (secondary N) is 1. The molecule has 1 aliphatic heterocycles. The molecule has 31 heavy (non-hydrogen) atoms. The van der Waals surface area contributed by atoms with E-state index in [1.54, 1.807) is 24.0 Å². The average molecular weight is 461 g/mol. The minimum absolute atomic E-state index is 0.0734. The highest BCUT2D eigenvalue weighted by atomic mass is 32.2. The quantitative estimate of drug-likeness (QED) is 0.589. The first-order valence-electron chi connectivity index (χ1n) is 10.1. The van der Waals surface area contributed by atoms with Gasteiger partial charge >= 0.3 is 11.8 Å². The molecule has 0 saturated carbocycles. The summed E-state index contributed by atoms with van der Waals surface area (Å²) in [5.41, 5.74) is 1.63. The number of aryl methyl sites for hydroxylation is 1. The third-order valence-corrected chi connectivity index (χ3v) is 7.90. The number of nitrogens with zero attached hydrogens (tertiary/aromatic N) is 3. The van der Waals surface area contributed by atoms with Gasteiger partial charge in [0.2, 0.25) is 5.82 Å². The second kappa shape index (κ2) is 8.43. The molecule has 3 aromatic rings. The molecule has 1 amide bonds. The zero-order valence-electron chi connectivity index (χ0n) is 17.6. The second-order valence-electron chi connectivity index (χ2n) is 7.84. The summed E-state index contributed by atoms with van der Waals surface area (Å²) in [7, 11) is -3.79. The number of anilines is 1. The van der Waals surface area contributed by atoms with Gasteiger partial charge in [-0.1, -0.05) is 31.1 Å². The van der Waals surface area contributed by atoms with Crippen LogP contribution in [0.4, 0.5) is 5.69 Å². The van der Waals surface area contributed by atoms with Crippen molar-refractivity contribution in [2.24, 2.45) is 0 Å². The average Bonchev–Trinajstić information content (AvgIpc) is 3.48. The van der Waals surface area contributed by atoms with E-state index in [9.17, 15) is 13.2 Å². The number of likely N-dealkylation sites (tertiary alicyclic amines) is 1. The van der Waals surface area contributed by atoms with E-state index in [1.165, 1.54) is 17.4 Å². The van der Waals surface area contributed by atoms with Gasteiger partial charge in [-0.25, -0.2) is 8.42 Å². The molecule has 1 aromatic carbocycles. The molecule has 4 rings (SSSR count). The zero-order chi connectivity index (χ0) is 22.2. The van der Waals surface area contributed by atoms with Gasteiger partial charge in [0.1, 0.15) is 4.90 Å². The number of carbonyl (C=O) groups excluding carboxylic acids is 1. The number of thiophene rings is 1. The summed E-state index contributed by atoms with van der Waals surface area (Å²) in [6, 6.07) is 8.84. The van der Waals surface area contributed by atoms with Crippen molar-refractivity contribution in [1.82, 2.24) is 15.0 Å². The normalized spacial score (nSPS) is 14.4. The Morgan fingerprint density at radius 2 is 1.87 bits per heavy atom. The highest BCUT2D eigenvalue weighted by Gasteiger charge is 2.27. The molecule has 1 N–H and O–H groups in total. The molecule has 1 saturated heterocycles. The van der Waals surface area contributed by atoms with Gasteiger partial charge in [0.05, 0.1) is 4.88 Å². The second-order valence-corrected chi connectivity index (χ2v) is 10.7. The Balaban J connectivity index is 1.55. The summed E-state index contributed by atoms with van der Waals surface area (Å²) in [6.07, 6.45) is 1.93. The smallest absolute Gasteiger partial charge is 0.316 e. The molecule has 1 aliphatic rings. The van der Waals surface area contributed by atoms with Crippen LogP contribution in [-0.2, 0) is 10.0 Å².